The third kappa shape index (κ3) is 12.3. The van der Waals surface area contributed by atoms with Crippen molar-refractivity contribution in [2.24, 2.45) is 0 Å². The fraction of sp³-hybridized carbons (Fsp3) is 0.800. The Bertz CT molecular complexity index is 92.0. The molecule has 0 aromatic rings. The van der Waals surface area contributed by atoms with Crippen molar-refractivity contribution < 1.29 is 9.22 Å². The molecule has 0 radical (unpaired) electrons. The molecule has 0 spiro atoms. The van der Waals surface area contributed by atoms with Gasteiger partial charge in [-0.05, 0) is 13.3 Å². The fourth-order valence-electron chi connectivity index (χ4n) is 1.02. The maximum absolute atomic E-state index is 5.03. The number of allylic oxidation sites excluding steroid dienone is 1. The van der Waals surface area contributed by atoms with Gasteiger partial charge in [0.15, 0.2) is 6.73 Å². The molecule has 0 bridgehead atoms. The largest absolute Gasteiger partial charge is 0.335 e. The first-order valence-corrected chi connectivity index (χ1v) is 4.42. The Morgan fingerprint density at radius 1 is 1.42 bits per heavy atom. The molecule has 0 aromatic heterocycles. The minimum absolute atomic E-state index is 0.813. The number of hydrogen-bond acceptors (Lipinski definition) is 1. The number of nitrogens with zero attached hydrogens (tertiary/aromatic N) is 1. The van der Waals surface area contributed by atoms with E-state index in [2.05, 4.69) is 27.6 Å². The number of ether oxygens (including phenoxy) is 1. The van der Waals surface area contributed by atoms with Crippen molar-refractivity contribution in [2.75, 3.05) is 34.5 Å². The molecule has 0 aliphatic heterocycles. The molecule has 0 rings (SSSR count). The quantitative estimate of drug-likeness (QED) is 0.361. The van der Waals surface area contributed by atoms with E-state index in [-0.39, 0.29) is 0 Å². The standard InChI is InChI=1S/C7H18NO.C3H6/c1-5-6-8(2,3)7-9-4;1-3-2/h5-7H2,1-4H3;3H,1H2,2H3/q+1;. The van der Waals surface area contributed by atoms with E-state index in [1.165, 1.54) is 13.0 Å². The van der Waals surface area contributed by atoms with Crippen LogP contribution in [0.3, 0.4) is 0 Å². The minimum Gasteiger partial charge on any atom is -0.335 e. The molecule has 0 heterocycles. The van der Waals surface area contributed by atoms with E-state index >= 15 is 0 Å². The Kier molecular flexibility index (Phi) is 10.4. The molecule has 12 heavy (non-hydrogen) atoms. The van der Waals surface area contributed by atoms with Crippen LogP contribution >= 0.6 is 0 Å². The molecule has 0 aromatic carbocycles. The molecule has 0 saturated heterocycles. The minimum atomic E-state index is 0.813. The van der Waals surface area contributed by atoms with Crippen molar-refractivity contribution in [1.82, 2.24) is 0 Å². The third-order valence-corrected chi connectivity index (χ3v) is 1.31. The second kappa shape index (κ2) is 8.75. The molecule has 0 amide bonds. The zero-order valence-electron chi connectivity index (χ0n) is 9.26. The lowest BCUT2D eigenvalue weighted by atomic mass is 10.4. The lowest BCUT2D eigenvalue weighted by Crippen LogP contribution is -2.41. The topological polar surface area (TPSA) is 9.23 Å². The SMILES string of the molecule is C=CC.CCC[N+](C)(C)COC. The monoisotopic (exact) mass is 174 g/mol. The van der Waals surface area contributed by atoms with Gasteiger partial charge in [-0.3, -0.25) is 0 Å². The molecule has 2 nitrogen and oxygen atoms in total. The van der Waals surface area contributed by atoms with Crippen LogP contribution in [0.4, 0.5) is 0 Å². The van der Waals surface area contributed by atoms with Crippen LogP contribution in [-0.4, -0.2) is 39.0 Å². The normalized spacial score (nSPS) is 10.1. The Morgan fingerprint density at radius 2 is 1.83 bits per heavy atom. The van der Waals surface area contributed by atoms with Gasteiger partial charge >= 0.3 is 0 Å². The summed E-state index contributed by atoms with van der Waals surface area (Å²) in [5.41, 5.74) is 0. The summed E-state index contributed by atoms with van der Waals surface area (Å²) in [6.07, 6.45) is 2.97. The predicted molar refractivity (Wildman–Crippen MR) is 55.0 cm³/mol. The summed E-state index contributed by atoms with van der Waals surface area (Å²) >= 11 is 0. The summed E-state index contributed by atoms with van der Waals surface area (Å²) in [7, 11) is 6.09. The molecule has 0 aliphatic rings. The first-order valence-electron chi connectivity index (χ1n) is 4.42. The van der Waals surface area contributed by atoms with Gasteiger partial charge in [-0.25, -0.2) is 0 Å². The van der Waals surface area contributed by atoms with Gasteiger partial charge in [0.2, 0.25) is 0 Å². The fourth-order valence-corrected chi connectivity index (χ4v) is 1.02. The van der Waals surface area contributed by atoms with Crippen molar-refractivity contribution in [2.45, 2.75) is 20.3 Å². The van der Waals surface area contributed by atoms with Gasteiger partial charge in [-0.1, -0.05) is 13.0 Å². The van der Waals surface area contributed by atoms with E-state index in [4.69, 9.17) is 4.74 Å². The van der Waals surface area contributed by atoms with Crippen LogP contribution in [0.5, 0.6) is 0 Å². The molecule has 74 valence electrons. The molecular weight excluding hydrogens is 150 g/mol. The van der Waals surface area contributed by atoms with E-state index in [9.17, 15) is 0 Å². The van der Waals surface area contributed by atoms with E-state index in [0.29, 0.717) is 0 Å². The summed E-state index contributed by atoms with van der Waals surface area (Å²) in [4.78, 5) is 0. The van der Waals surface area contributed by atoms with E-state index < -0.39 is 0 Å². The van der Waals surface area contributed by atoms with Crippen LogP contribution in [0.2, 0.25) is 0 Å². The average molecular weight is 174 g/mol. The van der Waals surface area contributed by atoms with E-state index in [1.807, 2.05) is 6.92 Å². The van der Waals surface area contributed by atoms with Gasteiger partial charge in [0.25, 0.3) is 0 Å². The lowest BCUT2D eigenvalue weighted by molar-refractivity contribution is -0.909. The summed E-state index contributed by atoms with van der Waals surface area (Å²) < 4.78 is 6.00. The first-order chi connectivity index (χ1) is 5.54. The Balaban J connectivity index is 0. The molecule has 0 aliphatic carbocycles. The van der Waals surface area contributed by atoms with Crippen molar-refractivity contribution in [3.8, 4) is 0 Å². The smallest absolute Gasteiger partial charge is 0.182 e. The molecule has 0 N–H and O–H groups in total. The third-order valence-electron chi connectivity index (χ3n) is 1.31. The Hall–Kier alpha value is -0.340. The molecule has 0 fully saturated rings. The van der Waals surface area contributed by atoms with Gasteiger partial charge in [0, 0.05) is 7.11 Å². The van der Waals surface area contributed by atoms with Gasteiger partial charge in [-0.15, -0.1) is 6.58 Å². The van der Waals surface area contributed by atoms with Crippen LogP contribution < -0.4 is 0 Å². The summed E-state index contributed by atoms with van der Waals surface area (Å²) in [5, 5.41) is 0. The van der Waals surface area contributed by atoms with Crippen LogP contribution in [0.25, 0.3) is 0 Å². The highest BCUT2D eigenvalue weighted by molar-refractivity contribution is 4.51. The van der Waals surface area contributed by atoms with Crippen LogP contribution in [0.15, 0.2) is 12.7 Å². The number of rotatable bonds is 4. The molecule has 2 heteroatoms. The van der Waals surface area contributed by atoms with Crippen molar-refractivity contribution >= 4 is 0 Å². The molecular formula is C10H24NO+. The van der Waals surface area contributed by atoms with Crippen molar-refractivity contribution in [3.63, 3.8) is 0 Å². The second-order valence-electron chi connectivity index (χ2n) is 3.49. The number of hydrogen-bond donors (Lipinski definition) is 0. The first kappa shape index (κ1) is 14.2. The lowest BCUT2D eigenvalue weighted by Gasteiger charge is -2.27. The zero-order valence-corrected chi connectivity index (χ0v) is 9.26. The van der Waals surface area contributed by atoms with Gasteiger partial charge < -0.3 is 9.22 Å². The van der Waals surface area contributed by atoms with Crippen LogP contribution in [0, 0.1) is 0 Å². The van der Waals surface area contributed by atoms with Crippen molar-refractivity contribution in [1.29, 1.82) is 0 Å². The Labute approximate surface area is 77.4 Å². The number of methoxy groups -OCH3 is 1. The van der Waals surface area contributed by atoms with Gasteiger partial charge in [-0.2, -0.15) is 0 Å². The average Bonchev–Trinajstić information content (AvgIpc) is 1.88. The van der Waals surface area contributed by atoms with Crippen LogP contribution in [-0.2, 0) is 4.74 Å². The van der Waals surface area contributed by atoms with Crippen molar-refractivity contribution in [3.05, 3.63) is 12.7 Å². The Morgan fingerprint density at radius 3 is 2.08 bits per heavy atom. The molecule has 0 saturated carbocycles. The summed E-state index contributed by atoms with van der Waals surface area (Å²) in [6.45, 7) is 9.44. The van der Waals surface area contributed by atoms with E-state index in [0.717, 1.165) is 11.2 Å². The predicted octanol–water partition coefficient (Wildman–Crippen LogP) is 2.27. The summed E-state index contributed by atoms with van der Waals surface area (Å²) in [5.74, 6) is 0. The second-order valence-corrected chi connectivity index (χ2v) is 3.49. The van der Waals surface area contributed by atoms with Gasteiger partial charge in [0.05, 0.1) is 20.6 Å². The number of quaternary nitrogens is 1. The highest BCUT2D eigenvalue weighted by atomic mass is 16.5. The highest BCUT2D eigenvalue weighted by Gasteiger charge is 2.10. The molecule has 0 unspecified atom stereocenters. The summed E-state index contributed by atoms with van der Waals surface area (Å²) in [6, 6.07) is 0. The zero-order chi connectivity index (χ0) is 10.0. The van der Waals surface area contributed by atoms with E-state index in [1.54, 1.807) is 13.2 Å². The maximum atomic E-state index is 5.03. The molecule has 0 atom stereocenters. The highest BCUT2D eigenvalue weighted by Crippen LogP contribution is 1.97. The maximum Gasteiger partial charge on any atom is 0.182 e. The van der Waals surface area contributed by atoms with Crippen LogP contribution in [0.1, 0.15) is 20.3 Å². The van der Waals surface area contributed by atoms with Gasteiger partial charge in [0.1, 0.15) is 0 Å².